The predicted octanol–water partition coefficient (Wildman–Crippen LogP) is 3.24. The predicted molar refractivity (Wildman–Crippen MR) is 118 cm³/mol. The maximum absolute atomic E-state index is 12.4. The Morgan fingerprint density at radius 2 is 1.72 bits per heavy atom. The summed E-state index contributed by atoms with van der Waals surface area (Å²) < 4.78 is 5.96. The zero-order valence-corrected chi connectivity index (χ0v) is 17.4. The van der Waals surface area contributed by atoms with E-state index in [1.54, 1.807) is 0 Å². The SMILES string of the molecule is CC(CNC(=O)Nc1ccccc1OCCN1CCN(C)CC1)c1ccccc1. The summed E-state index contributed by atoms with van der Waals surface area (Å²) >= 11 is 0. The van der Waals surface area contributed by atoms with Gasteiger partial charge in [0.2, 0.25) is 0 Å². The third-order valence-electron chi connectivity index (χ3n) is 5.33. The first-order chi connectivity index (χ1) is 14.1. The topological polar surface area (TPSA) is 56.8 Å². The van der Waals surface area contributed by atoms with Gasteiger partial charge in [0.1, 0.15) is 12.4 Å². The van der Waals surface area contributed by atoms with Gasteiger partial charge in [0.05, 0.1) is 5.69 Å². The average Bonchev–Trinajstić information content (AvgIpc) is 2.75. The Kier molecular flexibility index (Phi) is 7.90. The number of piperazine rings is 1. The van der Waals surface area contributed by atoms with Gasteiger partial charge in [-0.25, -0.2) is 4.79 Å². The van der Waals surface area contributed by atoms with E-state index in [0.29, 0.717) is 24.6 Å². The van der Waals surface area contributed by atoms with E-state index in [9.17, 15) is 4.79 Å². The van der Waals surface area contributed by atoms with Gasteiger partial charge in [-0.05, 0) is 30.7 Å². The highest BCUT2D eigenvalue weighted by atomic mass is 16.5. The van der Waals surface area contributed by atoms with Crippen molar-refractivity contribution in [2.45, 2.75) is 12.8 Å². The van der Waals surface area contributed by atoms with Crippen molar-refractivity contribution in [3.8, 4) is 5.75 Å². The molecule has 0 bridgehead atoms. The molecular weight excluding hydrogens is 364 g/mol. The number of carbonyl (C=O) groups excluding carboxylic acids is 1. The molecule has 0 aromatic heterocycles. The molecule has 1 saturated heterocycles. The molecule has 1 aliphatic heterocycles. The summed E-state index contributed by atoms with van der Waals surface area (Å²) in [7, 11) is 2.15. The minimum absolute atomic E-state index is 0.220. The average molecular weight is 397 g/mol. The number of nitrogens with zero attached hydrogens (tertiary/aromatic N) is 2. The molecule has 2 aromatic rings. The number of hydrogen-bond acceptors (Lipinski definition) is 4. The van der Waals surface area contributed by atoms with Crippen molar-refractivity contribution < 1.29 is 9.53 Å². The second kappa shape index (κ2) is 10.8. The molecule has 2 aromatic carbocycles. The van der Waals surface area contributed by atoms with Crippen LogP contribution in [0.15, 0.2) is 54.6 Å². The number of ether oxygens (including phenoxy) is 1. The second-order valence-corrected chi connectivity index (χ2v) is 7.64. The van der Waals surface area contributed by atoms with Crippen LogP contribution in [-0.4, -0.2) is 68.8 Å². The molecule has 6 nitrogen and oxygen atoms in total. The highest BCUT2D eigenvalue weighted by Crippen LogP contribution is 2.23. The van der Waals surface area contributed by atoms with Gasteiger partial charge in [-0.3, -0.25) is 4.90 Å². The first-order valence-corrected chi connectivity index (χ1v) is 10.3. The van der Waals surface area contributed by atoms with Crippen molar-refractivity contribution in [3.63, 3.8) is 0 Å². The van der Waals surface area contributed by atoms with Crippen LogP contribution >= 0.6 is 0 Å². The number of urea groups is 1. The zero-order chi connectivity index (χ0) is 20.5. The fourth-order valence-corrected chi connectivity index (χ4v) is 3.36. The number of carbonyl (C=O) groups is 1. The fraction of sp³-hybridized carbons (Fsp3) is 0.435. The van der Waals surface area contributed by atoms with Crippen molar-refractivity contribution in [1.82, 2.24) is 15.1 Å². The van der Waals surface area contributed by atoms with Gasteiger partial charge in [0, 0.05) is 39.3 Å². The molecule has 1 unspecified atom stereocenters. The largest absolute Gasteiger partial charge is 0.490 e. The fourth-order valence-electron chi connectivity index (χ4n) is 3.36. The van der Waals surface area contributed by atoms with Gasteiger partial charge in [0.25, 0.3) is 0 Å². The third-order valence-corrected chi connectivity index (χ3v) is 5.33. The Labute approximate surface area is 173 Å². The van der Waals surface area contributed by atoms with E-state index in [1.807, 2.05) is 42.5 Å². The molecule has 29 heavy (non-hydrogen) atoms. The molecular formula is C23H32N4O2. The highest BCUT2D eigenvalue weighted by molar-refractivity contribution is 5.90. The number of amides is 2. The number of hydrogen-bond donors (Lipinski definition) is 2. The number of para-hydroxylation sites is 2. The number of likely N-dealkylation sites (N-methyl/N-ethyl adjacent to an activating group) is 1. The van der Waals surface area contributed by atoms with Crippen LogP contribution in [0.25, 0.3) is 0 Å². The molecule has 1 atom stereocenters. The lowest BCUT2D eigenvalue weighted by Gasteiger charge is -2.32. The van der Waals surface area contributed by atoms with E-state index in [1.165, 1.54) is 5.56 Å². The lowest BCUT2D eigenvalue weighted by Crippen LogP contribution is -2.45. The smallest absolute Gasteiger partial charge is 0.319 e. The molecule has 3 rings (SSSR count). The molecule has 2 amide bonds. The number of nitrogens with one attached hydrogen (secondary N) is 2. The van der Waals surface area contributed by atoms with Gasteiger partial charge in [-0.1, -0.05) is 49.4 Å². The van der Waals surface area contributed by atoms with E-state index in [0.717, 1.165) is 32.7 Å². The van der Waals surface area contributed by atoms with Crippen LogP contribution in [0.1, 0.15) is 18.4 Å². The summed E-state index contributed by atoms with van der Waals surface area (Å²) in [5, 5.41) is 5.87. The number of benzene rings is 2. The van der Waals surface area contributed by atoms with Crippen LogP contribution in [0.3, 0.4) is 0 Å². The maximum Gasteiger partial charge on any atom is 0.319 e. The van der Waals surface area contributed by atoms with Crippen molar-refractivity contribution in [3.05, 3.63) is 60.2 Å². The van der Waals surface area contributed by atoms with Crippen LogP contribution in [0, 0.1) is 0 Å². The van der Waals surface area contributed by atoms with Gasteiger partial charge in [-0.2, -0.15) is 0 Å². The van der Waals surface area contributed by atoms with Crippen LogP contribution in [-0.2, 0) is 0 Å². The Balaban J connectivity index is 1.45. The Morgan fingerprint density at radius 1 is 1.03 bits per heavy atom. The summed E-state index contributed by atoms with van der Waals surface area (Å²) in [6.45, 7) is 8.51. The molecule has 2 N–H and O–H groups in total. The van der Waals surface area contributed by atoms with Crippen molar-refractivity contribution >= 4 is 11.7 Å². The summed E-state index contributed by atoms with van der Waals surface area (Å²) in [5.41, 5.74) is 1.90. The highest BCUT2D eigenvalue weighted by Gasteiger charge is 2.14. The molecule has 0 radical (unpaired) electrons. The zero-order valence-electron chi connectivity index (χ0n) is 17.4. The molecule has 0 aliphatic carbocycles. The van der Waals surface area contributed by atoms with Crippen LogP contribution < -0.4 is 15.4 Å². The van der Waals surface area contributed by atoms with E-state index >= 15 is 0 Å². The van der Waals surface area contributed by atoms with Crippen molar-refractivity contribution in [1.29, 1.82) is 0 Å². The van der Waals surface area contributed by atoms with E-state index in [4.69, 9.17) is 4.74 Å². The number of anilines is 1. The summed E-state index contributed by atoms with van der Waals surface area (Å²) in [5.74, 6) is 0.949. The molecule has 1 heterocycles. The van der Waals surface area contributed by atoms with E-state index in [-0.39, 0.29) is 11.9 Å². The lowest BCUT2D eigenvalue weighted by atomic mass is 10.0. The molecule has 6 heteroatoms. The van der Waals surface area contributed by atoms with Crippen LogP contribution in [0.2, 0.25) is 0 Å². The van der Waals surface area contributed by atoms with Crippen LogP contribution in [0.4, 0.5) is 10.5 Å². The quantitative estimate of drug-likeness (QED) is 0.719. The first kappa shape index (κ1) is 21.1. The maximum atomic E-state index is 12.4. The summed E-state index contributed by atoms with van der Waals surface area (Å²) in [6, 6.07) is 17.5. The van der Waals surface area contributed by atoms with Crippen molar-refractivity contribution in [2.24, 2.45) is 0 Å². The molecule has 0 spiro atoms. The lowest BCUT2D eigenvalue weighted by molar-refractivity contribution is 0.134. The molecule has 1 fully saturated rings. The molecule has 156 valence electrons. The standard InChI is InChI=1S/C23H32N4O2/c1-19(20-8-4-3-5-9-20)18-24-23(28)25-21-10-6-7-11-22(21)29-17-16-27-14-12-26(2)13-15-27/h3-11,19H,12-18H2,1-2H3,(H2,24,25,28). The van der Waals surface area contributed by atoms with Gasteiger partial charge in [0.15, 0.2) is 0 Å². The number of rotatable bonds is 8. The van der Waals surface area contributed by atoms with Crippen molar-refractivity contribution in [2.75, 3.05) is 58.2 Å². The summed E-state index contributed by atoms with van der Waals surface area (Å²) in [4.78, 5) is 17.1. The Bertz CT molecular complexity index is 760. The Hall–Kier alpha value is -2.57. The summed E-state index contributed by atoms with van der Waals surface area (Å²) in [6.07, 6.45) is 0. The minimum Gasteiger partial charge on any atom is -0.490 e. The third kappa shape index (κ3) is 6.76. The van der Waals surface area contributed by atoms with Gasteiger partial charge >= 0.3 is 6.03 Å². The Morgan fingerprint density at radius 3 is 2.48 bits per heavy atom. The normalized spacial score (nSPS) is 16.2. The van der Waals surface area contributed by atoms with E-state index < -0.39 is 0 Å². The molecule has 1 aliphatic rings. The van der Waals surface area contributed by atoms with Crippen LogP contribution in [0.5, 0.6) is 5.75 Å². The monoisotopic (exact) mass is 396 g/mol. The van der Waals surface area contributed by atoms with E-state index in [2.05, 4.69) is 46.5 Å². The minimum atomic E-state index is -0.220. The molecule has 0 saturated carbocycles. The second-order valence-electron chi connectivity index (χ2n) is 7.64. The van der Waals surface area contributed by atoms with Gasteiger partial charge in [-0.15, -0.1) is 0 Å². The first-order valence-electron chi connectivity index (χ1n) is 10.3. The van der Waals surface area contributed by atoms with Gasteiger partial charge < -0.3 is 20.3 Å².